The van der Waals surface area contributed by atoms with Crippen LogP contribution in [0.2, 0.25) is 0 Å². The van der Waals surface area contributed by atoms with Gasteiger partial charge in [0.1, 0.15) is 11.5 Å². The molecule has 2 fully saturated rings. The van der Waals surface area contributed by atoms with Gasteiger partial charge in [-0.25, -0.2) is 9.97 Å². The van der Waals surface area contributed by atoms with E-state index in [1.807, 2.05) is 31.5 Å². The van der Waals surface area contributed by atoms with E-state index in [1.54, 1.807) is 0 Å². The Morgan fingerprint density at radius 2 is 1.81 bits per heavy atom. The van der Waals surface area contributed by atoms with Crippen LogP contribution in [-0.4, -0.2) is 41.0 Å². The fourth-order valence-corrected chi connectivity index (χ4v) is 3.63. The standard InChI is InChI=1S/C16H20N4O/c1-12-3-4-15(21-12)11-19-7-13-9-20(10-14(13)8-19)16-17-5-2-6-18-16/h2-6,13-14H,7-11H2,1H3/t13-,14-/m1/s1. The molecule has 0 saturated carbocycles. The molecule has 0 aliphatic carbocycles. The van der Waals surface area contributed by atoms with Crippen molar-refractivity contribution >= 4 is 5.95 Å². The summed E-state index contributed by atoms with van der Waals surface area (Å²) in [5.74, 6) is 4.40. The van der Waals surface area contributed by atoms with E-state index < -0.39 is 0 Å². The van der Waals surface area contributed by atoms with Crippen LogP contribution in [0.15, 0.2) is 35.0 Å². The van der Waals surface area contributed by atoms with E-state index in [4.69, 9.17) is 4.42 Å². The fourth-order valence-electron chi connectivity index (χ4n) is 3.63. The highest BCUT2D eigenvalue weighted by molar-refractivity contribution is 5.31. The second kappa shape index (κ2) is 5.15. The first-order valence-electron chi connectivity index (χ1n) is 7.57. The molecule has 4 heterocycles. The molecule has 21 heavy (non-hydrogen) atoms. The highest BCUT2D eigenvalue weighted by Gasteiger charge is 2.40. The van der Waals surface area contributed by atoms with Gasteiger partial charge in [-0.15, -0.1) is 0 Å². The Morgan fingerprint density at radius 1 is 1.10 bits per heavy atom. The quantitative estimate of drug-likeness (QED) is 0.862. The molecule has 0 bridgehead atoms. The lowest BCUT2D eigenvalue weighted by Crippen LogP contribution is -2.29. The van der Waals surface area contributed by atoms with Crippen LogP contribution in [0.5, 0.6) is 0 Å². The van der Waals surface area contributed by atoms with Crippen molar-refractivity contribution in [3.05, 3.63) is 42.1 Å². The van der Waals surface area contributed by atoms with E-state index in [2.05, 4.69) is 25.8 Å². The Kier molecular flexibility index (Phi) is 3.15. The molecule has 110 valence electrons. The number of rotatable bonds is 3. The Bertz CT molecular complexity index is 598. The molecule has 0 aromatic carbocycles. The number of nitrogens with zero attached hydrogens (tertiary/aromatic N) is 4. The number of hydrogen-bond acceptors (Lipinski definition) is 5. The number of likely N-dealkylation sites (tertiary alicyclic amines) is 1. The molecular weight excluding hydrogens is 264 g/mol. The van der Waals surface area contributed by atoms with Gasteiger partial charge in [0.2, 0.25) is 5.95 Å². The van der Waals surface area contributed by atoms with Gasteiger partial charge >= 0.3 is 0 Å². The monoisotopic (exact) mass is 284 g/mol. The molecule has 5 nitrogen and oxygen atoms in total. The van der Waals surface area contributed by atoms with Gasteiger partial charge in [0.25, 0.3) is 0 Å². The molecule has 4 rings (SSSR count). The lowest BCUT2D eigenvalue weighted by atomic mass is 10.0. The van der Waals surface area contributed by atoms with Gasteiger partial charge < -0.3 is 9.32 Å². The van der Waals surface area contributed by atoms with Gasteiger partial charge in [-0.2, -0.15) is 0 Å². The van der Waals surface area contributed by atoms with Gasteiger partial charge in [0.15, 0.2) is 0 Å². The zero-order valence-electron chi connectivity index (χ0n) is 12.3. The summed E-state index contributed by atoms with van der Waals surface area (Å²) in [5, 5.41) is 0. The molecule has 0 radical (unpaired) electrons. The molecule has 0 spiro atoms. The maximum atomic E-state index is 5.69. The number of fused-ring (bicyclic) bond motifs is 1. The van der Waals surface area contributed by atoms with Gasteiger partial charge in [-0.3, -0.25) is 4.90 Å². The van der Waals surface area contributed by atoms with Crippen molar-refractivity contribution < 1.29 is 4.42 Å². The molecule has 2 aliphatic heterocycles. The highest BCUT2D eigenvalue weighted by Crippen LogP contribution is 2.33. The van der Waals surface area contributed by atoms with E-state index >= 15 is 0 Å². The Labute approximate surface area is 124 Å². The minimum atomic E-state index is 0.727. The average Bonchev–Trinajstić information content (AvgIpc) is 3.15. The van der Waals surface area contributed by atoms with Gasteiger partial charge in [-0.05, 0) is 37.0 Å². The lowest BCUT2D eigenvalue weighted by molar-refractivity contribution is 0.277. The Hall–Kier alpha value is -1.88. The van der Waals surface area contributed by atoms with Gasteiger partial charge in [-0.1, -0.05) is 0 Å². The van der Waals surface area contributed by atoms with Crippen molar-refractivity contribution in [1.82, 2.24) is 14.9 Å². The van der Waals surface area contributed by atoms with Crippen molar-refractivity contribution in [2.75, 3.05) is 31.1 Å². The summed E-state index contributed by atoms with van der Waals surface area (Å²) < 4.78 is 5.69. The number of aryl methyl sites for hydroxylation is 1. The molecule has 2 atom stereocenters. The van der Waals surface area contributed by atoms with Crippen LogP contribution in [0.1, 0.15) is 11.5 Å². The van der Waals surface area contributed by atoms with Crippen molar-refractivity contribution in [1.29, 1.82) is 0 Å². The Morgan fingerprint density at radius 3 is 2.43 bits per heavy atom. The fraction of sp³-hybridized carbons (Fsp3) is 0.500. The molecular formula is C16H20N4O. The lowest BCUT2D eigenvalue weighted by Gasteiger charge is -2.20. The number of aromatic nitrogens is 2. The van der Waals surface area contributed by atoms with Crippen LogP contribution in [-0.2, 0) is 6.54 Å². The first kappa shape index (κ1) is 12.8. The van der Waals surface area contributed by atoms with Crippen LogP contribution in [0, 0.1) is 18.8 Å². The van der Waals surface area contributed by atoms with Gasteiger partial charge in [0.05, 0.1) is 6.54 Å². The molecule has 2 saturated heterocycles. The van der Waals surface area contributed by atoms with Crippen molar-refractivity contribution in [2.24, 2.45) is 11.8 Å². The van der Waals surface area contributed by atoms with Crippen molar-refractivity contribution in [3.8, 4) is 0 Å². The third-order valence-electron chi connectivity index (χ3n) is 4.57. The molecule has 0 unspecified atom stereocenters. The molecule has 0 N–H and O–H groups in total. The number of hydrogen-bond donors (Lipinski definition) is 0. The molecule has 2 aromatic heterocycles. The minimum absolute atomic E-state index is 0.727. The predicted octanol–water partition coefficient (Wildman–Crippen LogP) is 1.95. The normalized spacial score (nSPS) is 25.5. The number of anilines is 1. The van der Waals surface area contributed by atoms with Crippen LogP contribution >= 0.6 is 0 Å². The van der Waals surface area contributed by atoms with E-state index in [0.29, 0.717) is 0 Å². The summed E-state index contributed by atoms with van der Waals surface area (Å²) in [6, 6.07) is 6.00. The predicted molar refractivity (Wildman–Crippen MR) is 79.9 cm³/mol. The Balaban J connectivity index is 1.37. The maximum Gasteiger partial charge on any atom is 0.225 e. The summed E-state index contributed by atoms with van der Waals surface area (Å²) in [6.07, 6.45) is 3.64. The highest BCUT2D eigenvalue weighted by atomic mass is 16.3. The van der Waals surface area contributed by atoms with E-state index in [9.17, 15) is 0 Å². The molecule has 5 heteroatoms. The summed E-state index contributed by atoms with van der Waals surface area (Å²) >= 11 is 0. The molecule has 0 amide bonds. The number of furan rings is 1. The van der Waals surface area contributed by atoms with Crippen LogP contribution in [0.3, 0.4) is 0 Å². The molecule has 2 aliphatic rings. The second-order valence-electron chi connectivity index (χ2n) is 6.18. The summed E-state index contributed by atoms with van der Waals surface area (Å²) in [5.41, 5.74) is 0. The average molecular weight is 284 g/mol. The second-order valence-corrected chi connectivity index (χ2v) is 6.18. The van der Waals surface area contributed by atoms with Crippen LogP contribution in [0.4, 0.5) is 5.95 Å². The van der Waals surface area contributed by atoms with Crippen LogP contribution < -0.4 is 4.90 Å². The zero-order chi connectivity index (χ0) is 14.2. The smallest absolute Gasteiger partial charge is 0.225 e. The maximum absolute atomic E-state index is 5.69. The zero-order valence-corrected chi connectivity index (χ0v) is 12.3. The van der Waals surface area contributed by atoms with E-state index in [0.717, 1.165) is 62.0 Å². The first-order chi connectivity index (χ1) is 10.3. The van der Waals surface area contributed by atoms with Crippen LogP contribution in [0.25, 0.3) is 0 Å². The van der Waals surface area contributed by atoms with E-state index in [-0.39, 0.29) is 0 Å². The van der Waals surface area contributed by atoms with Crippen molar-refractivity contribution in [2.45, 2.75) is 13.5 Å². The topological polar surface area (TPSA) is 45.4 Å². The summed E-state index contributed by atoms with van der Waals surface area (Å²) in [4.78, 5) is 13.6. The SMILES string of the molecule is Cc1ccc(CN2C[C@@H]3CN(c4ncccn4)C[C@H]3C2)o1. The minimum Gasteiger partial charge on any atom is -0.465 e. The van der Waals surface area contributed by atoms with Crippen molar-refractivity contribution in [3.63, 3.8) is 0 Å². The van der Waals surface area contributed by atoms with E-state index in [1.165, 1.54) is 0 Å². The summed E-state index contributed by atoms with van der Waals surface area (Å²) in [7, 11) is 0. The summed E-state index contributed by atoms with van der Waals surface area (Å²) in [6.45, 7) is 7.37. The largest absolute Gasteiger partial charge is 0.465 e. The first-order valence-corrected chi connectivity index (χ1v) is 7.57. The third kappa shape index (κ3) is 2.53. The third-order valence-corrected chi connectivity index (χ3v) is 4.57. The van der Waals surface area contributed by atoms with Gasteiger partial charge in [0, 0.05) is 38.6 Å². The molecule has 2 aromatic rings.